The lowest BCUT2D eigenvalue weighted by atomic mass is 10.1. The number of hydrogen-bond donors (Lipinski definition) is 2. The van der Waals surface area contributed by atoms with Gasteiger partial charge >= 0.3 is 5.97 Å². The van der Waals surface area contributed by atoms with Gasteiger partial charge in [-0.25, -0.2) is 0 Å². The molecule has 0 bridgehead atoms. The summed E-state index contributed by atoms with van der Waals surface area (Å²) in [7, 11) is 0. The Balaban J connectivity index is 2.19. The molecule has 94 valence electrons. The van der Waals surface area contributed by atoms with Crippen LogP contribution in [0.25, 0.3) is 0 Å². The second kappa shape index (κ2) is 6.83. The molecule has 1 aliphatic rings. The van der Waals surface area contributed by atoms with Crippen LogP contribution in [0.1, 0.15) is 13.3 Å². The highest BCUT2D eigenvalue weighted by Crippen LogP contribution is 2.06. The summed E-state index contributed by atoms with van der Waals surface area (Å²) in [4.78, 5) is 15.2. The SMILES string of the molecule is CC(CN1CCN(CCCO)CC1)C(=O)O. The molecule has 0 saturated carbocycles. The van der Waals surface area contributed by atoms with Crippen LogP contribution in [-0.2, 0) is 4.79 Å². The van der Waals surface area contributed by atoms with E-state index in [1.165, 1.54) is 0 Å². The molecule has 5 nitrogen and oxygen atoms in total. The topological polar surface area (TPSA) is 64.0 Å². The molecule has 1 atom stereocenters. The van der Waals surface area contributed by atoms with E-state index in [-0.39, 0.29) is 12.5 Å². The molecule has 1 rings (SSSR count). The van der Waals surface area contributed by atoms with Gasteiger partial charge < -0.3 is 15.1 Å². The van der Waals surface area contributed by atoms with Gasteiger partial charge in [0.15, 0.2) is 0 Å². The molecule has 0 aromatic carbocycles. The second-order valence-corrected chi connectivity index (χ2v) is 4.46. The van der Waals surface area contributed by atoms with Crippen LogP contribution >= 0.6 is 0 Å². The average molecular weight is 230 g/mol. The van der Waals surface area contributed by atoms with Crippen LogP contribution < -0.4 is 0 Å². The zero-order valence-corrected chi connectivity index (χ0v) is 9.93. The van der Waals surface area contributed by atoms with Gasteiger partial charge in [-0.2, -0.15) is 0 Å². The number of hydrogen-bond acceptors (Lipinski definition) is 4. The molecular formula is C11H22N2O3. The number of piperazine rings is 1. The van der Waals surface area contributed by atoms with Gasteiger partial charge in [0, 0.05) is 45.9 Å². The van der Waals surface area contributed by atoms with Gasteiger partial charge in [-0.1, -0.05) is 6.92 Å². The minimum Gasteiger partial charge on any atom is -0.481 e. The molecule has 1 heterocycles. The van der Waals surface area contributed by atoms with Crippen molar-refractivity contribution in [2.45, 2.75) is 13.3 Å². The Morgan fingerprint density at radius 2 is 1.81 bits per heavy atom. The number of carboxylic acids is 1. The van der Waals surface area contributed by atoms with Gasteiger partial charge in [-0.15, -0.1) is 0 Å². The van der Waals surface area contributed by atoms with Crippen LogP contribution in [-0.4, -0.2) is 71.9 Å². The van der Waals surface area contributed by atoms with Gasteiger partial charge in [-0.3, -0.25) is 9.69 Å². The van der Waals surface area contributed by atoms with Crippen molar-refractivity contribution in [1.82, 2.24) is 9.80 Å². The summed E-state index contributed by atoms with van der Waals surface area (Å²) in [6.45, 7) is 7.41. The number of aliphatic hydroxyl groups is 1. The average Bonchev–Trinajstić information content (AvgIpc) is 2.28. The molecule has 1 fully saturated rings. The molecule has 5 heteroatoms. The van der Waals surface area contributed by atoms with Gasteiger partial charge in [-0.05, 0) is 6.42 Å². The highest BCUT2D eigenvalue weighted by atomic mass is 16.4. The fourth-order valence-corrected chi connectivity index (χ4v) is 1.96. The highest BCUT2D eigenvalue weighted by molar-refractivity contribution is 5.69. The summed E-state index contributed by atoms with van der Waals surface area (Å²) < 4.78 is 0. The molecule has 2 N–H and O–H groups in total. The Labute approximate surface area is 96.7 Å². The molecule has 0 amide bonds. The van der Waals surface area contributed by atoms with E-state index in [9.17, 15) is 4.79 Å². The number of rotatable bonds is 6. The van der Waals surface area contributed by atoms with E-state index in [4.69, 9.17) is 10.2 Å². The molecule has 0 radical (unpaired) electrons. The van der Waals surface area contributed by atoms with Crippen LogP contribution in [0.15, 0.2) is 0 Å². The van der Waals surface area contributed by atoms with Crippen LogP contribution in [0.5, 0.6) is 0 Å². The number of carbonyl (C=O) groups is 1. The van der Waals surface area contributed by atoms with E-state index in [0.717, 1.165) is 39.1 Å². The first-order valence-electron chi connectivity index (χ1n) is 5.92. The first-order chi connectivity index (χ1) is 7.63. The van der Waals surface area contributed by atoms with Crippen molar-refractivity contribution in [3.8, 4) is 0 Å². The summed E-state index contributed by atoms with van der Waals surface area (Å²) >= 11 is 0. The van der Waals surface area contributed by atoms with Gasteiger partial charge in [0.25, 0.3) is 0 Å². The molecule has 1 unspecified atom stereocenters. The van der Waals surface area contributed by atoms with E-state index in [0.29, 0.717) is 6.54 Å². The van der Waals surface area contributed by atoms with Crippen LogP contribution in [0.4, 0.5) is 0 Å². The lowest BCUT2D eigenvalue weighted by Gasteiger charge is -2.35. The maximum atomic E-state index is 10.7. The molecule has 1 aliphatic heterocycles. The number of aliphatic hydroxyl groups excluding tert-OH is 1. The monoisotopic (exact) mass is 230 g/mol. The Hall–Kier alpha value is -0.650. The fourth-order valence-electron chi connectivity index (χ4n) is 1.96. The minimum absolute atomic E-state index is 0.246. The summed E-state index contributed by atoms with van der Waals surface area (Å²) in [5.41, 5.74) is 0. The van der Waals surface area contributed by atoms with E-state index in [1.807, 2.05) is 0 Å². The predicted octanol–water partition coefficient (Wildman–Crippen LogP) is -0.293. The van der Waals surface area contributed by atoms with E-state index >= 15 is 0 Å². The van der Waals surface area contributed by atoms with Gasteiger partial charge in [0.1, 0.15) is 0 Å². The first-order valence-corrected chi connectivity index (χ1v) is 5.92. The first kappa shape index (κ1) is 13.4. The molecule has 0 spiro atoms. The smallest absolute Gasteiger partial charge is 0.307 e. The Bertz CT molecular complexity index is 215. The third kappa shape index (κ3) is 4.47. The van der Waals surface area contributed by atoms with Crippen LogP contribution in [0.3, 0.4) is 0 Å². The Kier molecular flexibility index (Phi) is 5.73. The van der Waals surface area contributed by atoms with Crippen molar-refractivity contribution in [2.75, 3.05) is 45.9 Å². The quantitative estimate of drug-likeness (QED) is 0.656. The van der Waals surface area contributed by atoms with Gasteiger partial charge in [0.05, 0.1) is 5.92 Å². The van der Waals surface area contributed by atoms with Crippen molar-refractivity contribution < 1.29 is 15.0 Å². The lowest BCUT2D eigenvalue weighted by molar-refractivity contribution is -0.141. The molecule has 0 aromatic heterocycles. The zero-order chi connectivity index (χ0) is 12.0. The van der Waals surface area contributed by atoms with Crippen molar-refractivity contribution in [1.29, 1.82) is 0 Å². The largest absolute Gasteiger partial charge is 0.481 e. The predicted molar refractivity (Wildman–Crippen MR) is 61.4 cm³/mol. The third-order valence-corrected chi connectivity index (χ3v) is 3.05. The summed E-state index contributed by atoms with van der Waals surface area (Å²) in [5, 5.41) is 17.5. The highest BCUT2D eigenvalue weighted by Gasteiger charge is 2.20. The number of aliphatic carboxylic acids is 1. The molecule has 0 aliphatic carbocycles. The fraction of sp³-hybridized carbons (Fsp3) is 0.909. The second-order valence-electron chi connectivity index (χ2n) is 4.46. The maximum absolute atomic E-state index is 10.7. The summed E-state index contributed by atoms with van der Waals surface area (Å²) in [6, 6.07) is 0. The molecule has 16 heavy (non-hydrogen) atoms. The zero-order valence-electron chi connectivity index (χ0n) is 9.93. The number of nitrogens with zero attached hydrogens (tertiary/aromatic N) is 2. The van der Waals surface area contributed by atoms with Gasteiger partial charge in [0.2, 0.25) is 0 Å². The Morgan fingerprint density at radius 1 is 1.25 bits per heavy atom. The normalized spacial score (nSPS) is 20.9. The van der Waals surface area contributed by atoms with Crippen molar-refractivity contribution in [3.63, 3.8) is 0 Å². The summed E-state index contributed by atoms with van der Waals surface area (Å²) in [5.74, 6) is -1.01. The molecule has 0 aromatic rings. The Morgan fingerprint density at radius 3 is 2.31 bits per heavy atom. The van der Waals surface area contributed by atoms with Crippen LogP contribution in [0.2, 0.25) is 0 Å². The van der Waals surface area contributed by atoms with E-state index in [2.05, 4.69) is 9.80 Å². The van der Waals surface area contributed by atoms with Crippen LogP contribution in [0, 0.1) is 5.92 Å². The molecule has 1 saturated heterocycles. The lowest BCUT2D eigenvalue weighted by Crippen LogP contribution is -2.48. The maximum Gasteiger partial charge on any atom is 0.307 e. The molecular weight excluding hydrogens is 208 g/mol. The van der Waals surface area contributed by atoms with E-state index in [1.54, 1.807) is 6.92 Å². The standard InChI is InChI=1S/C11H22N2O3/c1-10(11(15)16)9-13-6-4-12(5-7-13)3-2-8-14/h10,14H,2-9H2,1H3,(H,15,16). The van der Waals surface area contributed by atoms with Crippen molar-refractivity contribution in [3.05, 3.63) is 0 Å². The number of carboxylic acid groups (broad SMARTS) is 1. The van der Waals surface area contributed by atoms with Crippen molar-refractivity contribution >= 4 is 5.97 Å². The van der Waals surface area contributed by atoms with Crippen molar-refractivity contribution in [2.24, 2.45) is 5.92 Å². The third-order valence-electron chi connectivity index (χ3n) is 3.05. The van der Waals surface area contributed by atoms with E-state index < -0.39 is 5.97 Å². The minimum atomic E-state index is -0.720. The summed E-state index contributed by atoms with van der Waals surface area (Å²) in [6.07, 6.45) is 0.825.